The Morgan fingerprint density at radius 2 is 2.28 bits per heavy atom. The maximum Gasteiger partial charge on any atom is 0.423 e. The minimum Gasteiger partial charge on any atom is -0.394 e. The minimum atomic E-state index is -4.74. The molecule has 1 fully saturated rings. The summed E-state index contributed by atoms with van der Waals surface area (Å²) >= 11 is 0. The largest absolute Gasteiger partial charge is 0.423 e. The highest BCUT2D eigenvalue weighted by atomic mass is 19.4. The highest BCUT2D eigenvalue weighted by Crippen LogP contribution is 2.35. The number of anilines is 1. The van der Waals surface area contributed by atoms with Crippen LogP contribution >= 0.6 is 0 Å². The maximum absolute atomic E-state index is 12.9. The first-order valence-electron chi connectivity index (χ1n) is 5.47. The van der Waals surface area contributed by atoms with E-state index in [0.717, 1.165) is 6.20 Å². The lowest BCUT2D eigenvalue weighted by molar-refractivity contribution is -0.138. The molecular weight excluding hydrogens is 251 g/mol. The van der Waals surface area contributed by atoms with Crippen LogP contribution in [-0.4, -0.2) is 34.5 Å². The summed E-state index contributed by atoms with van der Waals surface area (Å²) in [6.45, 7) is 0.129. The van der Waals surface area contributed by atoms with Gasteiger partial charge < -0.3 is 10.0 Å². The molecule has 0 saturated carbocycles. The van der Waals surface area contributed by atoms with Crippen LogP contribution in [0.25, 0.3) is 0 Å². The Bertz CT molecular complexity index is 486. The second-order valence-corrected chi connectivity index (χ2v) is 4.13. The molecule has 18 heavy (non-hydrogen) atoms. The number of nitrogens with zero attached hydrogens (tertiary/aromatic N) is 2. The van der Waals surface area contributed by atoms with E-state index in [1.54, 1.807) is 5.10 Å². The zero-order valence-corrected chi connectivity index (χ0v) is 9.37. The van der Waals surface area contributed by atoms with Crippen molar-refractivity contribution in [1.82, 2.24) is 10.2 Å². The fourth-order valence-electron chi connectivity index (χ4n) is 2.22. The number of hydrogen-bond acceptors (Lipinski definition) is 4. The van der Waals surface area contributed by atoms with Crippen LogP contribution in [0.1, 0.15) is 18.4 Å². The molecule has 2 N–H and O–H groups in total. The Hall–Kier alpha value is -1.57. The van der Waals surface area contributed by atoms with Gasteiger partial charge in [-0.15, -0.1) is 0 Å². The summed E-state index contributed by atoms with van der Waals surface area (Å²) in [5, 5.41) is 14.3. The lowest BCUT2D eigenvalue weighted by atomic mass is 10.2. The van der Waals surface area contributed by atoms with Gasteiger partial charge in [0.2, 0.25) is 0 Å². The van der Waals surface area contributed by atoms with Gasteiger partial charge in [-0.3, -0.25) is 4.79 Å². The molecule has 0 bridgehead atoms. The van der Waals surface area contributed by atoms with Crippen molar-refractivity contribution in [1.29, 1.82) is 0 Å². The van der Waals surface area contributed by atoms with E-state index in [2.05, 4.69) is 5.10 Å². The fourth-order valence-corrected chi connectivity index (χ4v) is 2.22. The van der Waals surface area contributed by atoms with Crippen LogP contribution in [-0.2, 0) is 6.18 Å². The molecule has 1 aliphatic rings. The van der Waals surface area contributed by atoms with Crippen molar-refractivity contribution in [3.05, 3.63) is 22.1 Å². The number of aliphatic hydroxyl groups excluding tert-OH is 1. The van der Waals surface area contributed by atoms with Gasteiger partial charge in [0.25, 0.3) is 5.56 Å². The quantitative estimate of drug-likeness (QED) is 0.826. The second-order valence-electron chi connectivity index (χ2n) is 4.13. The first kappa shape index (κ1) is 12.9. The van der Waals surface area contributed by atoms with Crippen molar-refractivity contribution in [3.8, 4) is 0 Å². The van der Waals surface area contributed by atoms with E-state index in [4.69, 9.17) is 5.11 Å². The van der Waals surface area contributed by atoms with Gasteiger partial charge in [-0.1, -0.05) is 0 Å². The Morgan fingerprint density at radius 1 is 1.56 bits per heavy atom. The Kier molecular flexibility index (Phi) is 3.29. The molecule has 1 aliphatic heterocycles. The maximum atomic E-state index is 12.9. The lowest BCUT2D eigenvalue weighted by Gasteiger charge is -2.26. The predicted molar refractivity (Wildman–Crippen MR) is 57.3 cm³/mol. The summed E-state index contributed by atoms with van der Waals surface area (Å²) in [4.78, 5) is 12.7. The smallest absolute Gasteiger partial charge is 0.394 e. The van der Waals surface area contributed by atoms with Gasteiger partial charge in [0, 0.05) is 6.54 Å². The van der Waals surface area contributed by atoms with Crippen LogP contribution < -0.4 is 10.5 Å². The number of aromatic nitrogens is 2. The third-order valence-corrected chi connectivity index (χ3v) is 3.02. The number of nitrogens with one attached hydrogen (secondary N) is 1. The number of aromatic amines is 1. The number of alkyl halides is 3. The Morgan fingerprint density at radius 3 is 2.89 bits per heavy atom. The second kappa shape index (κ2) is 4.60. The number of halogens is 3. The van der Waals surface area contributed by atoms with Gasteiger partial charge in [0.15, 0.2) is 0 Å². The molecule has 0 spiro atoms. The lowest BCUT2D eigenvalue weighted by Crippen LogP contribution is -2.36. The topological polar surface area (TPSA) is 69.2 Å². The van der Waals surface area contributed by atoms with E-state index in [0.29, 0.717) is 19.4 Å². The van der Waals surface area contributed by atoms with Crippen molar-refractivity contribution < 1.29 is 18.3 Å². The van der Waals surface area contributed by atoms with E-state index >= 15 is 0 Å². The van der Waals surface area contributed by atoms with Crippen LogP contribution in [0.15, 0.2) is 11.0 Å². The van der Waals surface area contributed by atoms with E-state index in [1.165, 1.54) is 4.90 Å². The third-order valence-electron chi connectivity index (χ3n) is 3.02. The predicted octanol–water partition coefficient (Wildman–Crippen LogP) is 0.750. The summed E-state index contributed by atoms with van der Waals surface area (Å²) in [6, 6.07) is -0.394. The molecule has 0 radical (unpaired) electrons. The number of aliphatic hydroxyl groups is 1. The average molecular weight is 263 g/mol. The van der Waals surface area contributed by atoms with Crippen LogP contribution in [0.5, 0.6) is 0 Å². The molecule has 5 nitrogen and oxygen atoms in total. The van der Waals surface area contributed by atoms with Crippen molar-refractivity contribution >= 4 is 5.69 Å². The first-order chi connectivity index (χ1) is 8.45. The zero-order chi connectivity index (χ0) is 13.3. The highest BCUT2D eigenvalue weighted by Gasteiger charge is 2.40. The van der Waals surface area contributed by atoms with Gasteiger partial charge in [-0.25, -0.2) is 5.10 Å². The van der Waals surface area contributed by atoms with Crippen molar-refractivity contribution in [2.45, 2.75) is 25.1 Å². The van der Waals surface area contributed by atoms with Gasteiger partial charge in [0.1, 0.15) is 5.56 Å². The molecule has 0 aromatic carbocycles. The van der Waals surface area contributed by atoms with E-state index in [9.17, 15) is 18.0 Å². The van der Waals surface area contributed by atoms with Gasteiger partial charge in [-0.05, 0) is 12.8 Å². The molecule has 8 heteroatoms. The fraction of sp³-hybridized carbons (Fsp3) is 0.600. The molecule has 2 heterocycles. The summed E-state index contributed by atoms with van der Waals surface area (Å²) in [7, 11) is 0. The van der Waals surface area contributed by atoms with Crippen molar-refractivity contribution in [2.75, 3.05) is 18.1 Å². The van der Waals surface area contributed by atoms with Gasteiger partial charge >= 0.3 is 6.18 Å². The molecular formula is C10H12F3N3O2. The Balaban J connectivity index is 2.51. The van der Waals surface area contributed by atoms with Crippen LogP contribution in [0.2, 0.25) is 0 Å². The normalized spacial score (nSPS) is 20.4. The molecule has 1 saturated heterocycles. The molecule has 0 amide bonds. The molecule has 1 aromatic rings. The molecule has 0 aliphatic carbocycles. The average Bonchev–Trinajstić information content (AvgIpc) is 2.74. The van der Waals surface area contributed by atoms with Crippen LogP contribution in [0, 0.1) is 0 Å². The van der Waals surface area contributed by atoms with E-state index in [-0.39, 0.29) is 12.3 Å². The highest BCUT2D eigenvalue weighted by molar-refractivity contribution is 5.53. The molecule has 100 valence electrons. The first-order valence-corrected chi connectivity index (χ1v) is 5.47. The number of H-pyrrole nitrogens is 1. The molecule has 1 atom stereocenters. The number of hydrogen-bond donors (Lipinski definition) is 2. The SMILES string of the molecule is O=c1[nH]ncc(N2CCCC2CO)c1C(F)(F)F. The van der Waals surface area contributed by atoms with Gasteiger partial charge in [0.05, 0.1) is 24.5 Å². The summed E-state index contributed by atoms with van der Waals surface area (Å²) in [6.07, 6.45) is -2.48. The van der Waals surface area contributed by atoms with E-state index < -0.39 is 23.3 Å². The third kappa shape index (κ3) is 2.20. The van der Waals surface area contributed by atoms with Crippen molar-refractivity contribution in [2.24, 2.45) is 0 Å². The Labute approximate surface area is 100 Å². The number of rotatable bonds is 2. The zero-order valence-electron chi connectivity index (χ0n) is 9.37. The van der Waals surface area contributed by atoms with Gasteiger partial charge in [-0.2, -0.15) is 18.3 Å². The van der Waals surface area contributed by atoms with Crippen LogP contribution in [0.3, 0.4) is 0 Å². The van der Waals surface area contributed by atoms with Crippen molar-refractivity contribution in [3.63, 3.8) is 0 Å². The summed E-state index contributed by atoms with van der Waals surface area (Å²) in [5.74, 6) is 0. The molecule has 2 rings (SSSR count). The monoisotopic (exact) mass is 263 g/mol. The molecule has 1 aromatic heterocycles. The molecule has 1 unspecified atom stereocenters. The standard InChI is InChI=1S/C10H12F3N3O2/c11-10(12,13)8-7(4-14-15-9(8)18)16-3-1-2-6(16)5-17/h4,6,17H,1-3,5H2,(H,15,18). The summed E-state index contributed by atoms with van der Waals surface area (Å²) < 4.78 is 38.6. The van der Waals surface area contributed by atoms with Crippen LogP contribution in [0.4, 0.5) is 18.9 Å². The van der Waals surface area contributed by atoms with E-state index in [1.807, 2.05) is 0 Å². The minimum absolute atomic E-state index is 0.246. The summed E-state index contributed by atoms with van der Waals surface area (Å²) in [5.41, 5.74) is -2.77.